The summed E-state index contributed by atoms with van der Waals surface area (Å²) in [5, 5.41) is 8.90. The van der Waals surface area contributed by atoms with Gasteiger partial charge >= 0.3 is 0 Å². The topological polar surface area (TPSA) is 38.7 Å². The lowest BCUT2D eigenvalue weighted by Gasteiger charge is -2.05. The van der Waals surface area contributed by atoms with Crippen LogP contribution in [0.1, 0.15) is 0 Å². The molecule has 1 aromatic carbocycles. The van der Waals surface area contributed by atoms with Crippen LogP contribution >= 0.6 is 11.6 Å². The molecule has 0 aliphatic carbocycles. The van der Waals surface area contributed by atoms with Crippen molar-refractivity contribution in [1.82, 2.24) is 0 Å². The Labute approximate surface area is 75.5 Å². The highest BCUT2D eigenvalue weighted by Crippen LogP contribution is 2.28. The van der Waals surface area contributed by atoms with Gasteiger partial charge in [-0.05, 0) is 12.1 Å². The van der Waals surface area contributed by atoms with Crippen molar-refractivity contribution in [3.63, 3.8) is 0 Å². The lowest BCUT2D eigenvalue weighted by molar-refractivity contribution is 0.0985. The van der Waals surface area contributed by atoms with Crippen LogP contribution in [-0.4, -0.2) is 19.0 Å². The Morgan fingerprint density at radius 3 is 2.75 bits per heavy atom. The van der Waals surface area contributed by atoms with Gasteiger partial charge in [0.1, 0.15) is 11.5 Å². The Bertz CT molecular complexity index is 262. The standard InChI is InChI=1S/C8H9ClO3/c1-11-8-3-2-6(12-5-10)4-7(8)9/h2-4,10H,5H2,1H3. The highest BCUT2D eigenvalue weighted by Gasteiger charge is 2.01. The van der Waals surface area contributed by atoms with Gasteiger partial charge in [-0.2, -0.15) is 0 Å². The summed E-state index contributed by atoms with van der Waals surface area (Å²) in [5.41, 5.74) is 0. The highest BCUT2D eigenvalue weighted by atomic mass is 35.5. The Balaban J connectivity index is 2.86. The van der Waals surface area contributed by atoms with Crippen molar-refractivity contribution < 1.29 is 14.6 Å². The first-order chi connectivity index (χ1) is 5.77. The van der Waals surface area contributed by atoms with E-state index in [9.17, 15) is 0 Å². The quantitative estimate of drug-likeness (QED) is 0.734. The van der Waals surface area contributed by atoms with Crippen LogP contribution in [0.5, 0.6) is 11.5 Å². The summed E-state index contributed by atoms with van der Waals surface area (Å²) < 4.78 is 9.73. The molecule has 3 nitrogen and oxygen atoms in total. The van der Waals surface area contributed by atoms with E-state index in [0.717, 1.165) is 0 Å². The molecule has 0 saturated heterocycles. The summed E-state index contributed by atoms with van der Waals surface area (Å²) in [6.07, 6.45) is 0. The summed E-state index contributed by atoms with van der Waals surface area (Å²) in [4.78, 5) is 0. The second kappa shape index (κ2) is 4.18. The Morgan fingerprint density at radius 1 is 1.50 bits per heavy atom. The number of hydrogen-bond acceptors (Lipinski definition) is 3. The first-order valence-corrected chi connectivity index (χ1v) is 3.73. The van der Waals surface area contributed by atoms with Crippen molar-refractivity contribution in [2.45, 2.75) is 0 Å². The molecule has 1 rings (SSSR count). The first-order valence-electron chi connectivity index (χ1n) is 3.35. The third-order valence-electron chi connectivity index (χ3n) is 1.35. The molecule has 0 saturated carbocycles. The second-order valence-electron chi connectivity index (χ2n) is 2.07. The number of halogens is 1. The maximum Gasteiger partial charge on any atom is 0.186 e. The Hall–Kier alpha value is -0.930. The average molecular weight is 189 g/mol. The molecule has 0 amide bonds. The van der Waals surface area contributed by atoms with Crippen molar-refractivity contribution >= 4 is 11.6 Å². The van der Waals surface area contributed by atoms with Crippen LogP contribution in [-0.2, 0) is 0 Å². The number of aliphatic hydroxyl groups excluding tert-OH is 1. The number of benzene rings is 1. The number of hydrogen-bond donors (Lipinski definition) is 1. The molecule has 1 aromatic rings. The Kier molecular flexibility index (Phi) is 3.19. The number of rotatable bonds is 3. The van der Waals surface area contributed by atoms with Crippen LogP contribution in [0.15, 0.2) is 18.2 Å². The molecule has 0 aromatic heterocycles. The van der Waals surface area contributed by atoms with Crippen molar-refractivity contribution in [2.75, 3.05) is 13.9 Å². The molecule has 0 spiro atoms. The van der Waals surface area contributed by atoms with E-state index in [0.29, 0.717) is 16.5 Å². The van der Waals surface area contributed by atoms with Gasteiger partial charge in [-0.3, -0.25) is 0 Å². The molecule has 0 fully saturated rings. The number of methoxy groups -OCH3 is 1. The molecule has 0 radical (unpaired) electrons. The highest BCUT2D eigenvalue weighted by molar-refractivity contribution is 6.32. The molecule has 4 heteroatoms. The van der Waals surface area contributed by atoms with Crippen LogP contribution < -0.4 is 9.47 Å². The van der Waals surface area contributed by atoms with Crippen LogP contribution in [0.25, 0.3) is 0 Å². The van der Waals surface area contributed by atoms with E-state index in [1.54, 1.807) is 18.2 Å². The van der Waals surface area contributed by atoms with E-state index < -0.39 is 0 Å². The van der Waals surface area contributed by atoms with Crippen LogP contribution in [0.4, 0.5) is 0 Å². The smallest absolute Gasteiger partial charge is 0.186 e. The van der Waals surface area contributed by atoms with Crippen LogP contribution in [0.3, 0.4) is 0 Å². The molecular formula is C8H9ClO3. The summed E-state index contributed by atoms with van der Waals surface area (Å²) in [6, 6.07) is 4.92. The van der Waals surface area contributed by atoms with E-state index in [4.69, 9.17) is 26.2 Å². The van der Waals surface area contributed by atoms with Gasteiger partial charge in [-0.15, -0.1) is 0 Å². The maximum atomic E-state index is 8.44. The summed E-state index contributed by atoms with van der Waals surface area (Å²) in [7, 11) is 1.54. The minimum atomic E-state index is -0.358. The fourth-order valence-electron chi connectivity index (χ4n) is 0.811. The maximum absolute atomic E-state index is 8.44. The minimum absolute atomic E-state index is 0.358. The van der Waals surface area contributed by atoms with Gasteiger partial charge in [-0.25, -0.2) is 0 Å². The zero-order valence-electron chi connectivity index (χ0n) is 6.58. The van der Waals surface area contributed by atoms with Gasteiger partial charge in [0.05, 0.1) is 12.1 Å². The normalized spacial score (nSPS) is 9.58. The summed E-state index contributed by atoms with van der Waals surface area (Å²) >= 11 is 5.78. The first kappa shape index (κ1) is 9.16. The fraction of sp³-hybridized carbons (Fsp3) is 0.250. The monoisotopic (exact) mass is 188 g/mol. The van der Waals surface area contributed by atoms with Crippen molar-refractivity contribution in [2.24, 2.45) is 0 Å². The van der Waals surface area contributed by atoms with E-state index in [1.807, 2.05) is 0 Å². The van der Waals surface area contributed by atoms with E-state index >= 15 is 0 Å². The molecule has 66 valence electrons. The molecule has 0 atom stereocenters. The van der Waals surface area contributed by atoms with Gasteiger partial charge in [0.25, 0.3) is 0 Å². The van der Waals surface area contributed by atoms with Crippen molar-refractivity contribution in [3.05, 3.63) is 23.2 Å². The summed E-state index contributed by atoms with van der Waals surface area (Å²) in [5.74, 6) is 1.10. The predicted molar refractivity (Wildman–Crippen MR) is 45.7 cm³/mol. The van der Waals surface area contributed by atoms with E-state index in [2.05, 4.69) is 0 Å². The zero-order valence-corrected chi connectivity index (χ0v) is 7.34. The molecule has 0 bridgehead atoms. The van der Waals surface area contributed by atoms with Gasteiger partial charge < -0.3 is 14.6 Å². The number of ether oxygens (including phenoxy) is 2. The average Bonchev–Trinajstić information content (AvgIpc) is 2.05. The second-order valence-corrected chi connectivity index (χ2v) is 2.48. The van der Waals surface area contributed by atoms with Gasteiger partial charge in [0.2, 0.25) is 0 Å². The SMILES string of the molecule is COc1ccc(OCO)cc1Cl. The minimum Gasteiger partial charge on any atom is -0.495 e. The molecule has 0 heterocycles. The third kappa shape index (κ3) is 2.03. The molecule has 12 heavy (non-hydrogen) atoms. The number of aliphatic hydroxyl groups is 1. The van der Waals surface area contributed by atoms with Crippen LogP contribution in [0.2, 0.25) is 5.02 Å². The molecular weight excluding hydrogens is 180 g/mol. The molecule has 1 N–H and O–H groups in total. The van der Waals surface area contributed by atoms with Crippen LogP contribution in [0, 0.1) is 0 Å². The van der Waals surface area contributed by atoms with Gasteiger partial charge in [0, 0.05) is 6.07 Å². The zero-order chi connectivity index (χ0) is 8.97. The van der Waals surface area contributed by atoms with Gasteiger partial charge in [0.15, 0.2) is 6.79 Å². The largest absolute Gasteiger partial charge is 0.495 e. The molecule has 0 unspecified atom stereocenters. The lowest BCUT2D eigenvalue weighted by atomic mass is 10.3. The fourth-order valence-corrected chi connectivity index (χ4v) is 1.06. The molecule has 0 aliphatic heterocycles. The molecule has 0 aliphatic rings. The van der Waals surface area contributed by atoms with Crippen molar-refractivity contribution in [1.29, 1.82) is 0 Å². The predicted octanol–water partition coefficient (Wildman–Crippen LogP) is 1.68. The van der Waals surface area contributed by atoms with Gasteiger partial charge in [-0.1, -0.05) is 11.6 Å². The third-order valence-corrected chi connectivity index (χ3v) is 1.65. The van der Waals surface area contributed by atoms with E-state index in [1.165, 1.54) is 7.11 Å². The van der Waals surface area contributed by atoms with Crippen molar-refractivity contribution in [3.8, 4) is 11.5 Å². The van der Waals surface area contributed by atoms with E-state index in [-0.39, 0.29) is 6.79 Å². The summed E-state index contributed by atoms with van der Waals surface area (Å²) in [6.45, 7) is -0.358. The Morgan fingerprint density at radius 2 is 2.25 bits per heavy atom. The lowest BCUT2D eigenvalue weighted by Crippen LogP contribution is -1.94.